The van der Waals surface area contributed by atoms with Crippen LogP contribution in [-0.4, -0.2) is 17.1 Å². The number of aryl methyl sites for hydroxylation is 2. The second-order valence-electron chi connectivity index (χ2n) is 2.54. The Morgan fingerprint density at radius 3 is 2.00 bits per heavy atom. The van der Waals surface area contributed by atoms with Crippen molar-refractivity contribution < 1.29 is 4.74 Å². The summed E-state index contributed by atoms with van der Waals surface area (Å²) in [6.07, 6.45) is 1.85. The molecular formula is C9H14N2O. The molecule has 66 valence electrons. The van der Waals surface area contributed by atoms with E-state index in [1.54, 1.807) is 7.11 Å². The van der Waals surface area contributed by atoms with Gasteiger partial charge in [-0.3, -0.25) is 0 Å². The highest BCUT2D eigenvalue weighted by molar-refractivity contribution is 5.13. The number of hydrogen-bond acceptors (Lipinski definition) is 3. The Hall–Kier alpha value is -1.12. The minimum Gasteiger partial charge on any atom is -0.467 e. The van der Waals surface area contributed by atoms with Gasteiger partial charge < -0.3 is 4.74 Å². The van der Waals surface area contributed by atoms with E-state index in [1.807, 2.05) is 6.07 Å². The van der Waals surface area contributed by atoms with Crippen molar-refractivity contribution in [2.45, 2.75) is 26.7 Å². The van der Waals surface area contributed by atoms with E-state index in [0.717, 1.165) is 24.2 Å². The number of nitrogens with zero attached hydrogens (tertiary/aromatic N) is 2. The summed E-state index contributed by atoms with van der Waals surface area (Å²) >= 11 is 0. The van der Waals surface area contributed by atoms with Crippen LogP contribution in [0.15, 0.2) is 6.07 Å². The SMILES string of the molecule is CCc1cc(CC)nc(OC)n1. The molecule has 0 unspecified atom stereocenters. The van der Waals surface area contributed by atoms with Crippen molar-refractivity contribution in [1.29, 1.82) is 0 Å². The Morgan fingerprint density at radius 2 is 1.67 bits per heavy atom. The van der Waals surface area contributed by atoms with Crippen LogP contribution in [-0.2, 0) is 12.8 Å². The molecule has 0 amide bonds. The first-order valence-electron chi connectivity index (χ1n) is 4.21. The van der Waals surface area contributed by atoms with E-state index >= 15 is 0 Å². The molecule has 0 bridgehead atoms. The lowest BCUT2D eigenvalue weighted by atomic mass is 10.2. The van der Waals surface area contributed by atoms with Gasteiger partial charge in [0.25, 0.3) is 0 Å². The highest BCUT2D eigenvalue weighted by atomic mass is 16.5. The third kappa shape index (κ3) is 1.94. The number of aromatic nitrogens is 2. The van der Waals surface area contributed by atoms with Gasteiger partial charge in [-0.05, 0) is 18.9 Å². The molecule has 1 rings (SSSR count). The predicted molar refractivity (Wildman–Crippen MR) is 47.3 cm³/mol. The molecule has 0 N–H and O–H groups in total. The molecule has 3 heteroatoms. The Morgan fingerprint density at radius 1 is 1.17 bits per heavy atom. The summed E-state index contributed by atoms with van der Waals surface area (Å²) in [5.41, 5.74) is 2.08. The fourth-order valence-electron chi connectivity index (χ4n) is 0.981. The number of rotatable bonds is 3. The molecule has 3 nitrogen and oxygen atoms in total. The van der Waals surface area contributed by atoms with Crippen LogP contribution in [0.3, 0.4) is 0 Å². The van der Waals surface area contributed by atoms with Gasteiger partial charge in [0, 0.05) is 11.4 Å². The highest BCUT2D eigenvalue weighted by Gasteiger charge is 2.00. The Kier molecular flexibility index (Phi) is 3.02. The smallest absolute Gasteiger partial charge is 0.316 e. The van der Waals surface area contributed by atoms with Gasteiger partial charge in [0.2, 0.25) is 0 Å². The fraction of sp³-hybridized carbons (Fsp3) is 0.556. The Balaban J connectivity index is 3.01. The standard InChI is InChI=1S/C9H14N2O/c1-4-7-6-8(5-2)11-9(10-7)12-3/h6H,4-5H2,1-3H3. The van der Waals surface area contributed by atoms with Crippen molar-refractivity contribution in [2.24, 2.45) is 0 Å². The van der Waals surface area contributed by atoms with Crippen molar-refractivity contribution >= 4 is 0 Å². The molecule has 1 heterocycles. The first kappa shape index (κ1) is 8.97. The van der Waals surface area contributed by atoms with Crippen molar-refractivity contribution in [1.82, 2.24) is 9.97 Å². The van der Waals surface area contributed by atoms with Crippen LogP contribution in [0.4, 0.5) is 0 Å². The number of hydrogen-bond donors (Lipinski definition) is 0. The normalized spacial score (nSPS) is 9.92. The van der Waals surface area contributed by atoms with Crippen LogP contribution >= 0.6 is 0 Å². The van der Waals surface area contributed by atoms with Gasteiger partial charge in [0.05, 0.1) is 7.11 Å². The average Bonchev–Trinajstić information content (AvgIpc) is 2.16. The van der Waals surface area contributed by atoms with E-state index in [2.05, 4.69) is 23.8 Å². The summed E-state index contributed by atoms with van der Waals surface area (Å²) in [6, 6.07) is 2.49. The van der Waals surface area contributed by atoms with Crippen LogP contribution in [0.1, 0.15) is 25.2 Å². The maximum Gasteiger partial charge on any atom is 0.316 e. The van der Waals surface area contributed by atoms with Crippen LogP contribution in [0.5, 0.6) is 6.01 Å². The average molecular weight is 166 g/mol. The van der Waals surface area contributed by atoms with Crippen LogP contribution < -0.4 is 4.74 Å². The van der Waals surface area contributed by atoms with Gasteiger partial charge in [-0.25, -0.2) is 9.97 Å². The van der Waals surface area contributed by atoms with E-state index in [-0.39, 0.29) is 0 Å². The lowest BCUT2D eigenvalue weighted by molar-refractivity contribution is 0.376. The minimum atomic E-state index is 0.478. The van der Waals surface area contributed by atoms with E-state index in [4.69, 9.17) is 4.74 Å². The van der Waals surface area contributed by atoms with E-state index in [0.29, 0.717) is 6.01 Å². The lowest BCUT2D eigenvalue weighted by Crippen LogP contribution is -1.99. The largest absolute Gasteiger partial charge is 0.467 e. The van der Waals surface area contributed by atoms with Gasteiger partial charge in [0.15, 0.2) is 0 Å². The lowest BCUT2D eigenvalue weighted by Gasteiger charge is -2.03. The van der Waals surface area contributed by atoms with E-state index < -0.39 is 0 Å². The van der Waals surface area contributed by atoms with Gasteiger partial charge in [-0.15, -0.1) is 0 Å². The minimum absolute atomic E-state index is 0.478. The second-order valence-corrected chi connectivity index (χ2v) is 2.54. The van der Waals surface area contributed by atoms with Crippen molar-refractivity contribution in [2.75, 3.05) is 7.11 Å². The van der Waals surface area contributed by atoms with Gasteiger partial charge in [-0.1, -0.05) is 13.8 Å². The molecule has 1 aromatic heterocycles. The van der Waals surface area contributed by atoms with Crippen molar-refractivity contribution in [3.05, 3.63) is 17.5 Å². The molecule has 0 aromatic carbocycles. The summed E-state index contributed by atoms with van der Waals surface area (Å²) in [6.45, 7) is 4.14. The zero-order valence-electron chi connectivity index (χ0n) is 7.79. The molecule has 0 spiro atoms. The summed E-state index contributed by atoms with van der Waals surface area (Å²) in [7, 11) is 1.59. The maximum absolute atomic E-state index is 4.98. The van der Waals surface area contributed by atoms with Gasteiger partial charge in [0.1, 0.15) is 0 Å². The molecule has 0 aliphatic heterocycles. The zero-order valence-corrected chi connectivity index (χ0v) is 7.79. The van der Waals surface area contributed by atoms with Crippen molar-refractivity contribution in [3.8, 4) is 6.01 Å². The first-order valence-corrected chi connectivity index (χ1v) is 4.21. The summed E-state index contributed by atoms with van der Waals surface area (Å²) in [4.78, 5) is 8.37. The molecule has 0 fully saturated rings. The quantitative estimate of drug-likeness (QED) is 0.684. The summed E-state index contributed by atoms with van der Waals surface area (Å²) in [5, 5.41) is 0. The Bertz CT molecular complexity index is 205. The van der Waals surface area contributed by atoms with Crippen LogP contribution in [0, 0.1) is 0 Å². The highest BCUT2D eigenvalue weighted by Crippen LogP contribution is 2.07. The van der Waals surface area contributed by atoms with E-state index in [9.17, 15) is 0 Å². The molecule has 0 saturated carbocycles. The molecule has 0 aliphatic rings. The van der Waals surface area contributed by atoms with E-state index in [1.165, 1.54) is 0 Å². The third-order valence-corrected chi connectivity index (χ3v) is 1.72. The fourth-order valence-corrected chi connectivity index (χ4v) is 0.981. The first-order chi connectivity index (χ1) is 5.80. The molecule has 0 saturated heterocycles. The van der Waals surface area contributed by atoms with Crippen LogP contribution in [0.2, 0.25) is 0 Å². The predicted octanol–water partition coefficient (Wildman–Crippen LogP) is 1.61. The third-order valence-electron chi connectivity index (χ3n) is 1.72. The van der Waals surface area contributed by atoms with Crippen molar-refractivity contribution in [3.63, 3.8) is 0 Å². The molecule has 0 aliphatic carbocycles. The maximum atomic E-state index is 4.98. The number of methoxy groups -OCH3 is 1. The molecule has 12 heavy (non-hydrogen) atoms. The summed E-state index contributed by atoms with van der Waals surface area (Å²) in [5.74, 6) is 0. The summed E-state index contributed by atoms with van der Waals surface area (Å²) < 4.78 is 4.98. The molecule has 1 aromatic rings. The molecular weight excluding hydrogens is 152 g/mol. The molecule has 0 atom stereocenters. The monoisotopic (exact) mass is 166 g/mol. The number of ether oxygens (including phenoxy) is 1. The van der Waals surface area contributed by atoms with Gasteiger partial charge in [-0.2, -0.15) is 0 Å². The Labute approximate surface area is 72.8 Å². The second kappa shape index (κ2) is 4.04. The zero-order chi connectivity index (χ0) is 8.97. The topological polar surface area (TPSA) is 35.0 Å². The van der Waals surface area contributed by atoms with Gasteiger partial charge >= 0.3 is 6.01 Å². The van der Waals surface area contributed by atoms with Crippen LogP contribution in [0.25, 0.3) is 0 Å². The molecule has 0 radical (unpaired) electrons.